The largest absolute Gasteiger partial charge is 0.462 e. The molecule has 0 atom stereocenters. The lowest BCUT2D eigenvalue weighted by molar-refractivity contribution is -0.140. The topological polar surface area (TPSA) is 46.5 Å². The number of rotatable bonds is 5. The molecule has 0 unspecified atom stereocenters. The predicted molar refractivity (Wildman–Crippen MR) is 72.1 cm³/mol. The van der Waals surface area contributed by atoms with Crippen molar-refractivity contribution in [2.45, 2.75) is 39.5 Å². The molecule has 0 radical (unpaired) electrons. The van der Waals surface area contributed by atoms with Gasteiger partial charge in [-0.3, -0.25) is 0 Å². The molecule has 1 saturated carbocycles. The van der Waals surface area contributed by atoms with E-state index in [-0.39, 0.29) is 12.6 Å². The second kappa shape index (κ2) is 8.09. The minimum absolute atomic E-state index is 0.236. The van der Waals surface area contributed by atoms with Gasteiger partial charge >= 0.3 is 5.97 Å². The van der Waals surface area contributed by atoms with Gasteiger partial charge in [0, 0.05) is 6.61 Å². The number of aliphatic hydroxyl groups excluding tert-OH is 1. The van der Waals surface area contributed by atoms with Crippen LogP contribution >= 0.6 is 0 Å². The van der Waals surface area contributed by atoms with Crippen LogP contribution in [0.15, 0.2) is 23.8 Å². The molecule has 1 aliphatic carbocycles. The fraction of sp³-hybridized carbons (Fsp3) is 0.667. The number of carbonyl (C=O) groups is 1. The third-order valence-electron chi connectivity index (χ3n) is 3.57. The van der Waals surface area contributed by atoms with E-state index in [1.165, 1.54) is 0 Å². The molecule has 1 aliphatic rings. The Bertz CT molecular complexity index is 310. The minimum Gasteiger partial charge on any atom is -0.462 e. The van der Waals surface area contributed by atoms with Gasteiger partial charge in [-0.1, -0.05) is 18.2 Å². The zero-order valence-corrected chi connectivity index (χ0v) is 11.4. The summed E-state index contributed by atoms with van der Waals surface area (Å²) in [7, 11) is 0. The Balaban J connectivity index is 2.31. The average Bonchev–Trinajstić information content (AvgIpc) is 2.42. The van der Waals surface area contributed by atoms with E-state index < -0.39 is 0 Å². The van der Waals surface area contributed by atoms with Crippen molar-refractivity contribution in [1.82, 2.24) is 0 Å². The molecule has 102 valence electrons. The van der Waals surface area contributed by atoms with E-state index in [2.05, 4.69) is 0 Å². The Labute approximate surface area is 110 Å². The van der Waals surface area contributed by atoms with Crippen LogP contribution in [0.25, 0.3) is 0 Å². The molecule has 0 amide bonds. The van der Waals surface area contributed by atoms with Crippen molar-refractivity contribution in [3.8, 4) is 0 Å². The fourth-order valence-electron chi connectivity index (χ4n) is 2.32. The van der Waals surface area contributed by atoms with Crippen molar-refractivity contribution in [2.75, 3.05) is 13.2 Å². The van der Waals surface area contributed by atoms with Gasteiger partial charge in [-0.05, 0) is 51.4 Å². The molecule has 0 bridgehead atoms. The highest BCUT2D eigenvalue weighted by molar-refractivity contribution is 5.91. The van der Waals surface area contributed by atoms with Gasteiger partial charge in [0.2, 0.25) is 0 Å². The van der Waals surface area contributed by atoms with E-state index in [0.717, 1.165) is 25.7 Å². The zero-order chi connectivity index (χ0) is 13.4. The van der Waals surface area contributed by atoms with Gasteiger partial charge in [0.05, 0.1) is 12.2 Å². The number of aliphatic hydroxyl groups is 1. The Kier molecular flexibility index (Phi) is 6.73. The SMILES string of the molecule is C/C=C\C(=C/C)C(=O)OCC1CCC(CO)CC1. The molecule has 0 heterocycles. The molecule has 0 aliphatic heterocycles. The molecule has 0 spiro atoms. The summed E-state index contributed by atoms with van der Waals surface area (Å²) in [6, 6.07) is 0. The average molecular weight is 252 g/mol. The standard InChI is InChI=1S/C15H24O3/c1-3-5-14(4-2)15(17)18-11-13-8-6-12(10-16)7-9-13/h3-5,12-13,16H,6-11H2,1-2H3/b5-3-,14-4+. The second-order valence-electron chi connectivity index (χ2n) is 4.91. The van der Waals surface area contributed by atoms with Crippen LogP contribution in [-0.2, 0) is 9.53 Å². The minimum atomic E-state index is -0.236. The van der Waals surface area contributed by atoms with Gasteiger partial charge in [-0.15, -0.1) is 0 Å². The third kappa shape index (κ3) is 4.65. The van der Waals surface area contributed by atoms with Crippen LogP contribution in [0.2, 0.25) is 0 Å². The van der Waals surface area contributed by atoms with Crippen molar-refractivity contribution in [1.29, 1.82) is 0 Å². The summed E-state index contributed by atoms with van der Waals surface area (Å²) in [5.74, 6) is 0.673. The maximum atomic E-state index is 11.7. The molecule has 0 aromatic heterocycles. The van der Waals surface area contributed by atoms with Gasteiger partial charge in [-0.25, -0.2) is 4.79 Å². The van der Waals surface area contributed by atoms with Gasteiger partial charge in [0.1, 0.15) is 0 Å². The van der Waals surface area contributed by atoms with Crippen molar-refractivity contribution < 1.29 is 14.6 Å². The maximum absolute atomic E-state index is 11.7. The van der Waals surface area contributed by atoms with Crippen LogP contribution < -0.4 is 0 Å². The van der Waals surface area contributed by atoms with E-state index in [0.29, 0.717) is 24.0 Å². The first-order chi connectivity index (χ1) is 8.71. The van der Waals surface area contributed by atoms with Crippen molar-refractivity contribution in [3.63, 3.8) is 0 Å². The lowest BCUT2D eigenvalue weighted by Crippen LogP contribution is -2.22. The maximum Gasteiger partial charge on any atom is 0.337 e. The van der Waals surface area contributed by atoms with E-state index in [1.807, 2.05) is 19.9 Å². The Morgan fingerprint density at radius 3 is 2.33 bits per heavy atom. The Morgan fingerprint density at radius 1 is 1.22 bits per heavy atom. The van der Waals surface area contributed by atoms with E-state index in [9.17, 15) is 4.79 Å². The normalized spacial score (nSPS) is 25.4. The first-order valence-corrected chi connectivity index (χ1v) is 6.78. The zero-order valence-electron chi connectivity index (χ0n) is 11.4. The number of hydrogen-bond donors (Lipinski definition) is 1. The Morgan fingerprint density at radius 2 is 1.83 bits per heavy atom. The van der Waals surface area contributed by atoms with Gasteiger partial charge in [-0.2, -0.15) is 0 Å². The second-order valence-corrected chi connectivity index (χ2v) is 4.91. The van der Waals surface area contributed by atoms with Crippen molar-refractivity contribution in [3.05, 3.63) is 23.8 Å². The molecule has 3 nitrogen and oxygen atoms in total. The highest BCUT2D eigenvalue weighted by Crippen LogP contribution is 2.28. The third-order valence-corrected chi connectivity index (χ3v) is 3.57. The van der Waals surface area contributed by atoms with Gasteiger partial charge in [0.25, 0.3) is 0 Å². The molecule has 0 saturated heterocycles. The molecule has 18 heavy (non-hydrogen) atoms. The van der Waals surface area contributed by atoms with Gasteiger partial charge in [0.15, 0.2) is 0 Å². The number of esters is 1. The van der Waals surface area contributed by atoms with E-state index in [4.69, 9.17) is 9.84 Å². The number of ether oxygens (including phenoxy) is 1. The summed E-state index contributed by atoms with van der Waals surface area (Å²) < 4.78 is 5.33. The highest BCUT2D eigenvalue weighted by Gasteiger charge is 2.21. The lowest BCUT2D eigenvalue weighted by atomic mass is 9.83. The van der Waals surface area contributed by atoms with Crippen LogP contribution in [0.5, 0.6) is 0 Å². The van der Waals surface area contributed by atoms with Crippen LogP contribution in [0.4, 0.5) is 0 Å². The first-order valence-electron chi connectivity index (χ1n) is 6.78. The van der Waals surface area contributed by atoms with Crippen LogP contribution in [0.3, 0.4) is 0 Å². The molecule has 0 aromatic rings. The highest BCUT2D eigenvalue weighted by atomic mass is 16.5. The van der Waals surface area contributed by atoms with E-state index in [1.54, 1.807) is 12.2 Å². The predicted octanol–water partition coefficient (Wildman–Crippen LogP) is 2.85. The number of carbonyl (C=O) groups excluding carboxylic acids is 1. The molecule has 3 heteroatoms. The fourth-order valence-corrected chi connectivity index (χ4v) is 2.32. The lowest BCUT2D eigenvalue weighted by Gasteiger charge is -2.26. The monoisotopic (exact) mass is 252 g/mol. The van der Waals surface area contributed by atoms with Crippen LogP contribution in [0.1, 0.15) is 39.5 Å². The van der Waals surface area contributed by atoms with Crippen molar-refractivity contribution in [2.24, 2.45) is 11.8 Å². The smallest absolute Gasteiger partial charge is 0.337 e. The molecule has 1 N–H and O–H groups in total. The summed E-state index contributed by atoms with van der Waals surface area (Å²) in [5, 5.41) is 9.06. The molecular weight excluding hydrogens is 228 g/mol. The summed E-state index contributed by atoms with van der Waals surface area (Å²) in [4.78, 5) is 11.7. The summed E-state index contributed by atoms with van der Waals surface area (Å²) in [5.41, 5.74) is 0.613. The van der Waals surface area contributed by atoms with Gasteiger partial charge < -0.3 is 9.84 Å². The van der Waals surface area contributed by atoms with Crippen molar-refractivity contribution >= 4 is 5.97 Å². The van der Waals surface area contributed by atoms with Crippen LogP contribution in [0, 0.1) is 11.8 Å². The first kappa shape index (κ1) is 15.0. The molecular formula is C15H24O3. The van der Waals surface area contributed by atoms with E-state index >= 15 is 0 Å². The quantitative estimate of drug-likeness (QED) is 0.465. The molecule has 1 rings (SSSR count). The Hall–Kier alpha value is -1.09. The van der Waals surface area contributed by atoms with Crippen LogP contribution in [-0.4, -0.2) is 24.3 Å². The molecule has 0 aromatic carbocycles. The summed E-state index contributed by atoms with van der Waals surface area (Å²) >= 11 is 0. The summed E-state index contributed by atoms with van der Waals surface area (Å²) in [6.45, 7) is 4.51. The number of hydrogen-bond acceptors (Lipinski definition) is 3. The molecule has 1 fully saturated rings. The number of allylic oxidation sites excluding steroid dienone is 2. The summed E-state index contributed by atoms with van der Waals surface area (Å²) in [6.07, 6.45) is 9.56.